The van der Waals surface area contributed by atoms with Gasteiger partial charge in [-0.2, -0.15) is 0 Å². The van der Waals surface area contributed by atoms with Crippen molar-refractivity contribution in [1.29, 1.82) is 0 Å². The van der Waals surface area contributed by atoms with E-state index in [0.29, 0.717) is 0 Å². The number of pyridine rings is 1. The molecule has 2 heteroatoms. The minimum atomic E-state index is 0.994. The normalized spacial score (nSPS) is 12.0. The van der Waals surface area contributed by atoms with Crippen molar-refractivity contribution in [3.8, 4) is 0 Å². The maximum Gasteiger partial charge on any atom is 0.0795 e. The van der Waals surface area contributed by atoms with Gasteiger partial charge in [-0.25, -0.2) is 0 Å². The smallest absolute Gasteiger partial charge is 0.0795 e. The highest BCUT2D eigenvalue weighted by Crippen LogP contribution is 2.29. The summed E-state index contributed by atoms with van der Waals surface area (Å²) in [4.78, 5) is 9.83. The molecule has 0 aliphatic carbocycles. The van der Waals surface area contributed by atoms with E-state index in [0.717, 1.165) is 46.4 Å². The molecule has 0 bridgehead atoms. The molecule has 128 valence electrons. The summed E-state index contributed by atoms with van der Waals surface area (Å²) in [5.74, 6) is 0. The third kappa shape index (κ3) is 3.48. The minimum Gasteiger partial charge on any atom is -0.252 e. The lowest BCUT2D eigenvalue weighted by Gasteiger charge is -2.13. The van der Waals surface area contributed by atoms with Gasteiger partial charge in [0.15, 0.2) is 0 Å². The fourth-order valence-corrected chi connectivity index (χ4v) is 3.38. The van der Waals surface area contributed by atoms with Crippen LogP contribution in [0.4, 0.5) is 5.69 Å². The van der Waals surface area contributed by atoms with Gasteiger partial charge in [-0.1, -0.05) is 55.8 Å². The van der Waals surface area contributed by atoms with Gasteiger partial charge in [-0.15, -0.1) is 0 Å². The zero-order valence-electron chi connectivity index (χ0n) is 15.9. The highest BCUT2D eigenvalue weighted by molar-refractivity contribution is 6.09. The first-order chi connectivity index (χ1) is 12.0. The Morgan fingerprint density at radius 3 is 2.28 bits per heavy atom. The summed E-state index contributed by atoms with van der Waals surface area (Å²) in [6.45, 7) is 10.7. The monoisotopic (exact) mass is 330 g/mol. The topological polar surface area (TPSA) is 25.2 Å². The van der Waals surface area contributed by atoms with Crippen molar-refractivity contribution in [2.45, 2.75) is 47.5 Å². The quantitative estimate of drug-likeness (QED) is 0.529. The number of aliphatic imine (C=N–C) groups is 1. The van der Waals surface area contributed by atoms with E-state index in [1.165, 1.54) is 16.7 Å². The van der Waals surface area contributed by atoms with Gasteiger partial charge in [0.1, 0.15) is 0 Å². The van der Waals surface area contributed by atoms with Crippen molar-refractivity contribution in [1.82, 2.24) is 4.98 Å². The second kappa shape index (κ2) is 7.18. The van der Waals surface area contributed by atoms with Crippen molar-refractivity contribution < 1.29 is 0 Å². The van der Waals surface area contributed by atoms with E-state index in [1.54, 1.807) is 0 Å². The Kier molecular flexibility index (Phi) is 4.98. The highest BCUT2D eigenvalue weighted by atomic mass is 14.8. The molecule has 0 N–H and O–H groups in total. The van der Waals surface area contributed by atoms with Gasteiger partial charge in [0, 0.05) is 22.4 Å². The van der Waals surface area contributed by atoms with Crippen molar-refractivity contribution in [2.24, 2.45) is 4.99 Å². The van der Waals surface area contributed by atoms with Gasteiger partial charge >= 0.3 is 0 Å². The molecular formula is C23H26N2. The summed E-state index contributed by atoms with van der Waals surface area (Å²) >= 11 is 0. The lowest BCUT2D eigenvalue weighted by Crippen LogP contribution is -2.00. The summed E-state index contributed by atoms with van der Waals surface area (Å²) in [5, 5.41) is 1.16. The molecule has 0 radical (unpaired) electrons. The molecule has 3 aromatic rings. The van der Waals surface area contributed by atoms with Gasteiger partial charge in [0.2, 0.25) is 0 Å². The average Bonchev–Trinajstić information content (AvgIpc) is 2.61. The molecular weight excluding hydrogens is 304 g/mol. The fraction of sp³-hybridized carbons (Fsp3) is 0.304. The van der Waals surface area contributed by atoms with E-state index in [-0.39, 0.29) is 0 Å². The molecule has 0 amide bonds. The average molecular weight is 330 g/mol. The summed E-state index contributed by atoms with van der Waals surface area (Å²) < 4.78 is 0. The van der Waals surface area contributed by atoms with Crippen LogP contribution in [0.3, 0.4) is 0 Å². The fourth-order valence-electron chi connectivity index (χ4n) is 3.38. The Labute approximate surface area is 150 Å². The number of fused-ring (bicyclic) bond motifs is 1. The first kappa shape index (κ1) is 17.3. The van der Waals surface area contributed by atoms with Crippen LogP contribution in [0.25, 0.3) is 10.9 Å². The number of benzene rings is 2. The maximum absolute atomic E-state index is 5.07. The molecule has 0 fully saturated rings. The Morgan fingerprint density at radius 1 is 0.960 bits per heavy atom. The Balaban J connectivity index is 2.20. The lowest BCUT2D eigenvalue weighted by atomic mass is 9.99. The summed E-state index contributed by atoms with van der Waals surface area (Å²) in [6, 6.07) is 15.0. The third-order valence-corrected chi connectivity index (χ3v) is 4.70. The molecule has 1 heterocycles. The summed E-state index contributed by atoms with van der Waals surface area (Å²) in [6.07, 6.45) is 1.99. The molecule has 2 aromatic carbocycles. The van der Waals surface area contributed by atoms with E-state index in [1.807, 2.05) is 6.92 Å². The summed E-state index contributed by atoms with van der Waals surface area (Å²) in [5.41, 5.74) is 9.30. The number of hydrogen-bond acceptors (Lipinski definition) is 2. The molecule has 1 aromatic heterocycles. The van der Waals surface area contributed by atoms with Gasteiger partial charge in [0.25, 0.3) is 0 Å². The number of aromatic nitrogens is 1. The third-order valence-electron chi connectivity index (χ3n) is 4.70. The van der Waals surface area contributed by atoms with Crippen molar-refractivity contribution >= 4 is 22.3 Å². The van der Waals surface area contributed by atoms with E-state index in [9.17, 15) is 0 Å². The van der Waals surface area contributed by atoms with Gasteiger partial charge in [0.05, 0.1) is 11.2 Å². The molecule has 3 rings (SSSR count). The maximum atomic E-state index is 5.07. The SMILES string of the molecule is CCc1cc(C)cc(CC)c1N=C(C)c1cccc2ccc(C)nc12. The van der Waals surface area contributed by atoms with Crippen LogP contribution in [-0.2, 0) is 12.8 Å². The lowest BCUT2D eigenvalue weighted by molar-refractivity contribution is 1.07. The van der Waals surface area contributed by atoms with Crippen molar-refractivity contribution in [2.75, 3.05) is 0 Å². The number of nitrogens with zero attached hydrogens (tertiary/aromatic N) is 2. The number of rotatable bonds is 4. The Morgan fingerprint density at radius 2 is 1.64 bits per heavy atom. The van der Waals surface area contributed by atoms with Crippen molar-refractivity contribution in [3.05, 3.63) is 70.4 Å². The zero-order chi connectivity index (χ0) is 18.0. The Bertz CT molecular complexity index is 926. The standard InChI is InChI=1S/C23H26N2/c1-6-18-13-15(3)14-19(7-2)22(18)25-17(5)21-10-8-9-20-12-11-16(4)24-23(20)21/h8-14H,6-7H2,1-5H3. The predicted molar refractivity (Wildman–Crippen MR) is 108 cm³/mol. The first-order valence-corrected chi connectivity index (χ1v) is 9.08. The van der Waals surface area contributed by atoms with E-state index in [2.05, 4.69) is 70.2 Å². The Hall–Kier alpha value is -2.48. The largest absolute Gasteiger partial charge is 0.252 e. The zero-order valence-corrected chi connectivity index (χ0v) is 15.9. The van der Waals surface area contributed by atoms with Gasteiger partial charge in [-0.3, -0.25) is 9.98 Å². The molecule has 2 nitrogen and oxygen atoms in total. The van der Waals surface area contributed by atoms with Crippen LogP contribution >= 0.6 is 0 Å². The van der Waals surface area contributed by atoms with E-state index < -0.39 is 0 Å². The molecule has 0 spiro atoms. The van der Waals surface area contributed by atoms with Crippen LogP contribution in [0.1, 0.15) is 48.7 Å². The van der Waals surface area contributed by atoms with Crippen LogP contribution in [0.5, 0.6) is 0 Å². The summed E-state index contributed by atoms with van der Waals surface area (Å²) in [7, 11) is 0. The molecule has 25 heavy (non-hydrogen) atoms. The number of para-hydroxylation sites is 1. The molecule has 0 saturated carbocycles. The molecule has 0 saturated heterocycles. The van der Waals surface area contributed by atoms with E-state index >= 15 is 0 Å². The molecule has 0 atom stereocenters. The van der Waals surface area contributed by atoms with Crippen LogP contribution in [0, 0.1) is 13.8 Å². The van der Waals surface area contributed by atoms with E-state index in [4.69, 9.17) is 9.98 Å². The molecule has 0 unspecified atom stereocenters. The number of aryl methyl sites for hydroxylation is 4. The molecule has 0 aliphatic rings. The second-order valence-electron chi connectivity index (χ2n) is 6.67. The van der Waals surface area contributed by atoms with Crippen LogP contribution < -0.4 is 0 Å². The number of hydrogen-bond donors (Lipinski definition) is 0. The van der Waals surface area contributed by atoms with Crippen molar-refractivity contribution in [3.63, 3.8) is 0 Å². The first-order valence-electron chi connectivity index (χ1n) is 9.08. The second-order valence-corrected chi connectivity index (χ2v) is 6.67. The minimum absolute atomic E-state index is 0.994. The van der Waals surface area contributed by atoms with Gasteiger partial charge < -0.3 is 0 Å². The van der Waals surface area contributed by atoms with Crippen LogP contribution in [0.2, 0.25) is 0 Å². The molecule has 0 aliphatic heterocycles. The van der Waals surface area contributed by atoms with Crippen LogP contribution in [0.15, 0.2) is 47.5 Å². The predicted octanol–water partition coefficient (Wildman–Crippen LogP) is 6.12. The van der Waals surface area contributed by atoms with Gasteiger partial charge in [-0.05, 0) is 50.8 Å². The highest BCUT2D eigenvalue weighted by Gasteiger charge is 2.10. The van der Waals surface area contributed by atoms with Crippen LogP contribution in [-0.4, -0.2) is 10.7 Å².